The molecule has 0 radical (unpaired) electrons. The third-order valence-corrected chi connectivity index (χ3v) is 4.42. The molecule has 0 saturated heterocycles. The Morgan fingerprint density at radius 2 is 2.08 bits per heavy atom. The van der Waals surface area contributed by atoms with E-state index in [0.29, 0.717) is 0 Å². The van der Waals surface area contributed by atoms with Crippen molar-refractivity contribution in [3.8, 4) is 11.1 Å². The van der Waals surface area contributed by atoms with Crippen molar-refractivity contribution < 1.29 is 0 Å². The first-order valence-corrected chi connectivity index (χ1v) is 8.32. The van der Waals surface area contributed by atoms with Gasteiger partial charge in [-0.3, -0.25) is 10.1 Å². The Hall–Kier alpha value is -3.61. The summed E-state index contributed by atoms with van der Waals surface area (Å²) in [6.07, 6.45) is 12.5. The minimum Gasteiger partial charge on any atom is -0.285 e. The molecule has 0 aliphatic heterocycles. The van der Waals surface area contributed by atoms with Crippen LogP contribution >= 0.6 is 0 Å². The molecule has 1 aliphatic rings. The largest absolute Gasteiger partial charge is 0.285 e. The van der Waals surface area contributed by atoms with Gasteiger partial charge in [0.1, 0.15) is 0 Å². The maximum Gasteiger partial charge on any atom is 0.178 e. The van der Waals surface area contributed by atoms with E-state index in [0.717, 1.165) is 46.0 Å². The Bertz CT molecular complexity index is 1170. The van der Waals surface area contributed by atoms with Crippen molar-refractivity contribution in [1.82, 2.24) is 35.0 Å². The third-order valence-electron chi connectivity index (χ3n) is 4.42. The van der Waals surface area contributed by atoms with E-state index in [-0.39, 0.29) is 0 Å². The number of rotatable bonds is 2. The molecule has 0 saturated carbocycles. The first-order chi connectivity index (χ1) is 12.8. The molecule has 0 atom stereocenters. The summed E-state index contributed by atoms with van der Waals surface area (Å²) in [5.41, 5.74) is 7.06. The van der Waals surface area contributed by atoms with E-state index < -0.39 is 0 Å². The Labute approximate surface area is 149 Å². The fourth-order valence-corrected chi connectivity index (χ4v) is 3.10. The number of nitrogens with one attached hydrogen (secondary N) is 1. The van der Waals surface area contributed by atoms with E-state index in [1.165, 1.54) is 5.56 Å². The molecule has 126 valence electrons. The summed E-state index contributed by atoms with van der Waals surface area (Å²) in [7, 11) is 0. The van der Waals surface area contributed by atoms with Crippen LogP contribution in [0, 0.1) is 6.92 Å². The first kappa shape index (κ1) is 14.7. The van der Waals surface area contributed by atoms with Gasteiger partial charge in [-0.05, 0) is 54.8 Å². The van der Waals surface area contributed by atoms with E-state index in [9.17, 15) is 0 Å². The number of fused-ring (bicyclic) bond motifs is 2. The van der Waals surface area contributed by atoms with Gasteiger partial charge in [-0.25, -0.2) is 0 Å². The second kappa shape index (κ2) is 5.73. The monoisotopic (exact) mass is 341 g/mol. The van der Waals surface area contributed by atoms with Crippen molar-refractivity contribution in [2.45, 2.75) is 13.3 Å². The lowest BCUT2D eigenvalue weighted by molar-refractivity contribution is 0.880. The summed E-state index contributed by atoms with van der Waals surface area (Å²) in [6, 6.07) is 6.01. The average molecular weight is 341 g/mol. The van der Waals surface area contributed by atoms with Crippen LogP contribution in [0.1, 0.15) is 22.8 Å². The number of aromatic nitrogens is 7. The smallest absolute Gasteiger partial charge is 0.178 e. The van der Waals surface area contributed by atoms with Gasteiger partial charge < -0.3 is 0 Å². The first-order valence-electron chi connectivity index (χ1n) is 8.32. The molecule has 1 N–H and O–H groups in total. The fraction of sp³-hybridized carbons (Fsp3) is 0.105. The van der Waals surface area contributed by atoms with Crippen LogP contribution in [0.2, 0.25) is 0 Å². The molecule has 4 aromatic rings. The van der Waals surface area contributed by atoms with Crippen LogP contribution in [0.15, 0.2) is 48.4 Å². The topological polar surface area (TPSA) is 84.6 Å². The zero-order chi connectivity index (χ0) is 17.5. The Morgan fingerprint density at radius 1 is 1.12 bits per heavy atom. The lowest BCUT2D eigenvalue weighted by atomic mass is 9.95. The minimum atomic E-state index is 0.728. The molecular weight excluding hydrogens is 326 g/mol. The second-order valence-electron chi connectivity index (χ2n) is 6.29. The number of nitrogens with zero attached hydrogens (tertiary/aromatic N) is 6. The van der Waals surface area contributed by atoms with E-state index in [4.69, 9.17) is 0 Å². The van der Waals surface area contributed by atoms with Gasteiger partial charge in [0.25, 0.3) is 0 Å². The standard InChI is InChI=1S/C19H15N7/c1-12-2-5-18-23-24-19(26(18)25-12)7-13-3-4-17-14(6-13)8-15(9-20-17)16-10-21-22-11-16/h2-5,7-11H,6H2,1H3,(H,21,22). The molecule has 5 rings (SSSR count). The van der Waals surface area contributed by atoms with Gasteiger partial charge in [0.15, 0.2) is 11.5 Å². The van der Waals surface area contributed by atoms with Crippen LogP contribution < -0.4 is 0 Å². The molecule has 0 aromatic carbocycles. The highest BCUT2D eigenvalue weighted by atomic mass is 15.4. The van der Waals surface area contributed by atoms with Gasteiger partial charge in [-0.1, -0.05) is 6.08 Å². The van der Waals surface area contributed by atoms with Crippen LogP contribution in [0.5, 0.6) is 0 Å². The van der Waals surface area contributed by atoms with E-state index >= 15 is 0 Å². The molecule has 7 nitrogen and oxygen atoms in total. The molecule has 4 heterocycles. The summed E-state index contributed by atoms with van der Waals surface area (Å²) in [6.45, 7) is 1.95. The number of pyridine rings is 1. The molecule has 0 bridgehead atoms. The number of allylic oxidation sites excluding steroid dienone is 2. The number of aromatic amines is 1. The molecule has 7 heteroatoms. The van der Waals surface area contributed by atoms with Crippen LogP contribution in [0.4, 0.5) is 0 Å². The minimum absolute atomic E-state index is 0.728. The highest BCUT2D eigenvalue weighted by molar-refractivity contribution is 5.69. The number of aryl methyl sites for hydroxylation is 1. The zero-order valence-corrected chi connectivity index (χ0v) is 14.1. The third kappa shape index (κ3) is 2.50. The van der Waals surface area contributed by atoms with E-state index in [1.54, 1.807) is 10.7 Å². The van der Waals surface area contributed by atoms with Crippen LogP contribution in [0.3, 0.4) is 0 Å². The van der Waals surface area contributed by atoms with Crippen molar-refractivity contribution in [2.24, 2.45) is 0 Å². The normalized spacial score (nSPS) is 14.9. The number of H-pyrrole nitrogens is 1. The number of hydrogen-bond donors (Lipinski definition) is 1. The van der Waals surface area contributed by atoms with Crippen LogP contribution in [0.25, 0.3) is 28.9 Å². The van der Waals surface area contributed by atoms with Gasteiger partial charge in [0.2, 0.25) is 0 Å². The summed E-state index contributed by atoms with van der Waals surface area (Å²) in [5.74, 6) is 0.728. The van der Waals surface area contributed by atoms with Gasteiger partial charge in [0, 0.05) is 23.5 Å². The Kier molecular flexibility index (Phi) is 3.24. The summed E-state index contributed by atoms with van der Waals surface area (Å²) in [5, 5.41) is 19.8. The Morgan fingerprint density at radius 3 is 2.96 bits per heavy atom. The molecule has 0 fully saturated rings. The molecular formula is C19H15N7. The average Bonchev–Trinajstić information content (AvgIpc) is 3.32. The van der Waals surface area contributed by atoms with Gasteiger partial charge in [-0.15, -0.1) is 10.2 Å². The summed E-state index contributed by atoms with van der Waals surface area (Å²) < 4.78 is 1.77. The summed E-state index contributed by atoms with van der Waals surface area (Å²) in [4.78, 5) is 4.57. The van der Waals surface area contributed by atoms with Gasteiger partial charge in [0.05, 0.1) is 17.6 Å². The van der Waals surface area contributed by atoms with Crippen LogP contribution in [-0.2, 0) is 6.42 Å². The zero-order valence-electron chi connectivity index (χ0n) is 14.1. The molecule has 4 aromatic heterocycles. The predicted molar refractivity (Wildman–Crippen MR) is 98.1 cm³/mol. The van der Waals surface area contributed by atoms with E-state index in [1.807, 2.05) is 43.6 Å². The molecule has 0 unspecified atom stereocenters. The fourth-order valence-electron chi connectivity index (χ4n) is 3.10. The quantitative estimate of drug-likeness (QED) is 0.606. The SMILES string of the molecule is Cc1ccc2nnc(C=C3C=Cc4ncc(-c5cn[nH]c5)cc4C3)n2n1. The van der Waals surface area contributed by atoms with Crippen molar-refractivity contribution in [3.05, 3.63) is 71.2 Å². The maximum absolute atomic E-state index is 4.57. The van der Waals surface area contributed by atoms with E-state index in [2.05, 4.69) is 42.6 Å². The summed E-state index contributed by atoms with van der Waals surface area (Å²) >= 11 is 0. The maximum atomic E-state index is 4.57. The predicted octanol–water partition coefficient (Wildman–Crippen LogP) is 2.87. The van der Waals surface area contributed by atoms with Crippen molar-refractivity contribution >= 4 is 17.8 Å². The van der Waals surface area contributed by atoms with Crippen LogP contribution in [-0.4, -0.2) is 35.0 Å². The highest BCUT2D eigenvalue weighted by Gasteiger charge is 2.13. The lowest BCUT2D eigenvalue weighted by Gasteiger charge is -2.13. The molecule has 0 amide bonds. The van der Waals surface area contributed by atoms with Crippen molar-refractivity contribution in [1.29, 1.82) is 0 Å². The second-order valence-corrected chi connectivity index (χ2v) is 6.29. The molecule has 1 aliphatic carbocycles. The lowest BCUT2D eigenvalue weighted by Crippen LogP contribution is -2.02. The number of hydrogen-bond acceptors (Lipinski definition) is 5. The van der Waals surface area contributed by atoms with Gasteiger partial charge >= 0.3 is 0 Å². The Balaban J connectivity index is 1.52. The molecule has 0 spiro atoms. The molecule has 26 heavy (non-hydrogen) atoms. The highest BCUT2D eigenvalue weighted by Crippen LogP contribution is 2.26. The van der Waals surface area contributed by atoms with Gasteiger partial charge in [-0.2, -0.15) is 14.7 Å². The van der Waals surface area contributed by atoms with Crippen molar-refractivity contribution in [3.63, 3.8) is 0 Å². The van der Waals surface area contributed by atoms with Crippen molar-refractivity contribution in [2.75, 3.05) is 0 Å².